The minimum Gasteiger partial charge on any atom is -0.326 e. The number of likely N-dealkylation sites (tertiary alicyclic amines) is 1. The number of hydrogen-bond acceptors (Lipinski definition) is 2. The molecule has 1 aliphatic rings. The van der Waals surface area contributed by atoms with Crippen LogP contribution >= 0.6 is 0 Å². The van der Waals surface area contributed by atoms with Crippen molar-refractivity contribution in [3.05, 3.63) is 35.4 Å². The van der Waals surface area contributed by atoms with E-state index in [-0.39, 0.29) is 6.04 Å². The lowest BCUT2D eigenvalue weighted by Crippen LogP contribution is -2.37. The zero-order valence-electron chi connectivity index (χ0n) is 10.3. The van der Waals surface area contributed by atoms with Crippen LogP contribution in [0.15, 0.2) is 24.3 Å². The maximum absolute atomic E-state index is 6.31. The van der Waals surface area contributed by atoms with Crippen molar-refractivity contribution >= 4 is 0 Å². The molecule has 1 fully saturated rings. The number of rotatable bonds is 1. The summed E-state index contributed by atoms with van der Waals surface area (Å²) in [7, 11) is 2.19. The fraction of sp³-hybridized carbons (Fsp3) is 0.571. The molecule has 1 aliphatic heterocycles. The van der Waals surface area contributed by atoms with Crippen LogP contribution in [0.4, 0.5) is 0 Å². The molecule has 0 saturated carbocycles. The molecular formula is C14H22N2. The fourth-order valence-corrected chi connectivity index (χ4v) is 2.72. The number of benzene rings is 1. The van der Waals surface area contributed by atoms with E-state index in [0.717, 1.165) is 13.0 Å². The van der Waals surface area contributed by atoms with Gasteiger partial charge in [0.05, 0.1) is 0 Å². The highest BCUT2D eigenvalue weighted by Gasteiger charge is 2.26. The molecule has 1 aromatic carbocycles. The van der Waals surface area contributed by atoms with Gasteiger partial charge in [0.25, 0.3) is 0 Å². The van der Waals surface area contributed by atoms with Crippen molar-refractivity contribution in [3.63, 3.8) is 0 Å². The summed E-state index contributed by atoms with van der Waals surface area (Å²) in [5, 5.41) is 0. The molecule has 0 aromatic heterocycles. The van der Waals surface area contributed by atoms with Crippen LogP contribution in [0.3, 0.4) is 0 Å². The Labute approximate surface area is 98.4 Å². The van der Waals surface area contributed by atoms with Crippen LogP contribution < -0.4 is 5.73 Å². The van der Waals surface area contributed by atoms with Gasteiger partial charge in [-0.2, -0.15) is 0 Å². The van der Waals surface area contributed by atoms with Gasteiger partial charge in [-0.25, -0.2) is 0 Å². The van der Waals surface area contributed by atoms with E-state index in [2.05, 4.69) is 43.1 Å². The molecule has 0 aliphatic carbocycles. The number of likely N-dealkylation sites (N-methyl/N-ethyl adjacent to an activating group) is 1. The van der Waals surface area contributed by atoms with Crippen LogP contribution in [0.2, 0.25) is 0 Å². The minimum atomic E-state index is 0.272. The molecule has 2 atom stereocenters. The Hall–Kier alpha value is -0.860. The van der Waals surface area contributed by atoms with Crippen LogP contribution in [0, 0.1) is 6.92 Å². The first kappa shape index (κ1) is 11.6. The van der Waals surface area contributed by atoms with Gasteiger partial charge in [0.1, 0.15) is 0 Å². The standard InChI is InChI=1S/C14H22N2/c1-11-6-5-7-12(10-11)14-13(15)8-3-4-9-16(14)2/h5-7,10,13-14H,3-4,8-9,15H2,1-2H3. The lowest BCUT2D eigenvalue weighted by Gasteiger charge is -2.30. The van der Waals surface area contributed by atoms with Crippen molar-refractivity contribution < 1.29 is 0 Å². The maximum Gasteiger partial charge on any atom is 0.0496 e. The largest absolute Gasteiger partial charge is 0.326 e. The van der Waals surface area contributed by atoms with E-state index in [1.807, 2.05) is 0 Å². The molecule has 2 N–H and O–H groups in total. The average Bonchev–Trinajstić information content (AvgIpc) is 2.40. The summed E-state index contributed by atoms with van der Waals surface area (Å²) in [6.07, 6.45) is 3.67. The molecule has 1 saturated heterocycles. The van der Waals surface area contributed by atoms with Gasteiger partial charge in [-0.1, -0.05) is 36.2 Å². The van der Waals surface area contributed by atoms with Crippen LogP contribution in [0.5, 0.6) is 0 Å². The Kier molecular flexibility index (Phi) is 3.62. The Balaban J connectivity index is 2.28. The van der Waals surface area contributed by atoms with Gasteiger partial charge >= 0.3 is 0 Å². The summed E-state index contributed by atoms with van der Waals surface area (Å²) in [5.41, 5.74) is 9.00. The van der Waals surface area contributed by atoms with E-state index in [0.29, 0.717) is 6.04 Å². The zero-order valence-corrected chi connectivity index (χ0v) is 10.3. The zero-order chi connectivity index (χ0) is 11.5. The molecule has 2 unspecified atom stereocenters. The van der Waals surface area contributed by atoms with Crippen LogP contribution in [0.1, 0.15) is 36.4 Å². The second-order valence-electron chi connectivity index (χ2n) is 5.00. The predicted molar refractivity (Wildman–Crippen MR) is 68.4 cm³/mol. The van der Waals surface area contributed by atoms with Crippen molar-refractivity contribution in [2.45, 2.75) is 38.3 Å². The Morgan fingerprint density at radius 3 is 2.88 bits per heavy atom. The van der Waals surface area contributed by atoms with Gasteiger partial charge < -0.3 is 5.73 Å². The molecule has 2 rings (SSSR count). The minimum absolute atomic E-state index is 0.272. The van der Waals surface area contributed by atoms with E-state index in [1.54, 1.807) is 0 Å². The van der Waals surface area contributed by atoms with E-state index >= 15 is 0 Å². The Bertz CT molecular complexity index is 336. The lowest BCUT2D eigenvalue weighted by molar-refractivity contribution is 0.230. The summed E-state index contributed by atoms with van der Waals surface area (Å²) in [6, 6.07) is 9.42. The van der Waals surface area contributed by atoms with E-state index in [1.165, 1.54) is 24.0 Å². The van der Waals surface area contributed by atoms with E-state index in [4.69, 9.17) is 5.73 Å². The summed E-state index contributed by atoms with van der Waals surface area (Å²) >= 11 is 0. The number of nitrogens with two attached hydrogens (primary N) is 1. The van der Waals surface area contributed by atoms with Crippen molar-refractivity contribution in [2.24, 2.45) is 5.73 Å². The van der Waals surface area contributed by atoms with Gasteiger partial charge in [-0.05, 0) is 38.9 Å². The highest BCUT2D eigenvalue weighted by molar-refractivity contribution is 5.26. The second-order valence-corrected chi connectivity index (χ2v) is 5.00. The maximum atomic E-state index is 6.31. The molecule has 1 aromatic rings. The molecule has 88 valence electrons. The van der Waals surface area contributed by atoms with E-state index in [9.17, 15) is 0 Å². The molecule has 0 radical (unpaired) electrons. The van der Waals surface area contributed by atoms with E-state index < -0.39 is 0 Å². The Morgan fingerprint density at radius 1 is 1.31 bits per heavy atom. The highest BCUT2D eigenvalue weighted by Crippen LogP contribution is 2.28. The fourth-order valence-electron chi connectivity index (χ4n) is 2.72. The third-order valence-corrected chi connectivity index (χ3v) is 3.56. The average molecular weight is 218 g/mol. The van der Waals surface area contributed by atoms with Crippen molar-refractivity contribution in [2.75, 3.05) is 13.6 Å². The number of aryl methyl sites for hydroxylation is 1. The quantitative estimate of drug-likeness (QED) is 0.784. The molecule has 1 heterocycles. The molecule has 0 bridgehead atoms. The van der Waals surface area contributed by atoms with Crippen molar-refractivity contribution in [1.29, 1.82) is 0 Å². The molecule has 2 nitrogen and oxygen atoms in total. The summed E-state index contributed by atoms with van der Waals surface area (Å²) in [5.74, 6) is 0. The third kappa shape index (κ3) is 2.45. The highest BCUT2D eigenvalue weighted by atomic mass is 15.1. The van der Waals surface area contributed by atoms with Crippen LogP contribution in [0.25, 0.3) is 0 Å². The predicted octanol–water partition coefficient (Wildman–Crippen LogP) is 2.48. The van der Waals surface area contributed by atoms with Crippen LogP contribution in [-0.2, 0) is 0 Å². The monoisotopic (exact) mass is 218 g/mol. The van der Waals surface area contributed by atoms with Crippen molar-refractivity contribution in [3.8, 4) is 0 Å². The number of hydrogen-bond donors (Lipinski definition) is 1. The first-order valence-corrected chi connectivity index (χ1v) is 6.21. The first-order valence-electron chi connectivity index (χ1n) is 6.21. The number of nitrogens with zero attached hydrogens (tertiary/aromatic N) is 1. The summed E-state index contributed by atoms with van der Waals surface area (Å²) < 4.78 is 0. The van der Waals surface area contributed by atoms with Crippen molar-refractivity contribution in [1.82, 2.24) is 4.90 Å². The smallest absolute Gasteiger partial charge is 0.0496 e. The lowest BCUT2D eigenvalue weighted by atomic mass is 9.95. The molecular weight excluding hydrogens is 196 g/mol. The first-order chi connectivity index (χ1) is 7.68. The SMILES string of the molecule is Cc1cccc(C2C(N)CCCCN2C)c1. The summed E-state index contributed by atoms with van der Waals surface area (Å²) in [6.45, 7) is 3.30. The molecule has 0 amide bonds. The van der Waals surface area contributed by atoms with Gasteiger partial charge in [-0.3, -0.25) is 4.90 Å². The van der Waals surface area contributed by atoms with Gasteiger partial charge in [0.2, 0.25) is 0 Å². The normalized spacial score (nSPS) is 27.7. The molecule has 2 heteroatoms. The Morgan fingerprint density at radius 2 is 2.12 bits per heavy atom. The second kappa shape index (κ2) is 4.98. The molecule has 0 spiro atoms. The topological polar surface area (TPSA) is 29.3 Å². The summed E-state index contributed by atoms with van der Waals surface area (Å²) in [4.78, 5) is 2.41. The third-order valence-electron chi connectivity index (χ3n) is 3.56. The van der Waals surface area contributed by atoms with Gasteiger partial charge in [-0.15, -0.1) is 0 Å². The van der Waals surface area contributed by atoms with Crippen LogP contribution in [-0.4, -0.2) is 24.5 Å². The van der Waals surface area contributed by atoms with Gasteiger partial charge in [0, 0.05) is 12.1 Å². The van der Waals surface area contributed by atoms with Gasteiger partial charge in [0.15, 0.2) is 0 Å². The molecule has 16 heavy (non-hydrogen) atoms.